The molecule has 2 aromatic rings. The zero-order valence-electron chi connectivity index (χ0n) is 20.0. The molecule has 8 heteroatoms. The van der Waals surface area contributed by atoms with E-state index in [2.05, 4.69) is 5.43 Å². The topological polar surface area (TPSA) is 96.0 Å². The number of ether oxygens (including phenoxy) is 1. The Balaban J connectivity index is 1.94. The molecule has 3 rings (SSSR count). The van der Waals surface area contributed by atoms with Crippen molar-refractivity contribution in [1.29, 1.82) is 0 Å². The minimum Gasteiger partial charge on any atom is -0.495 e. The van der Waals surface area contributed by atoms with Crippen molar-refractivity contribution in [3.8, 4) is 5.75 Å². The predicted molar refractivity (Wildman–Crippen MR) is 128 cm³/mol. The van der Waals surface area contributed by atoms with E-state index in [1.54, 1.807) is 24.3 Å². The van der Waals surface area contributed by atoms with Crippen molar-refractivity contribution in [1.82, 2.24) is 10.4 Å². The Labute approximate surface area is 199 Å². The minimum atomic E-state index is -1.15. The van der Waals surface area contributed by atoms with Gasteiger partial charge in [-0.2, -0.15) is 0 Å². The fraction of sp³-hybridized carbons (Fsp3) is 0.385. The first kappa shape index (κ1) is 25.0. The molecule has 1 aliphatic rings. The van der Waals surface area contributed by atoms with Crippen LogP contribution in [0.3, 0.4) is 0 Å². The molecule has 8 nitrogen and oxygen atoms in total. The van der Waals surface area contributed by atoms with Crippen molar-refractivity contribution < 1.29 is 23.9 Å². The lowest BCUT2D eigenvalue weighted by atomic mass is 10.0. The van der Waals surface area contributed by atoms with Gasteiger partial charge in [-0.05, 0) is 43.0 Å². The number of carbonyl (C=O) groups excluding carboxylic acids is 4. The van der Waals surface area contributed by atoms with Gasteiger partial charge in [0.05, 0.1) is 25.6 Å². The number of hydrogen-bond donors (Lipinski definition) is 1. The van der Waals surface area contributed by atoms with Gasteiger partial charge in [-0.25, -0.2) is 9.91 Å². The molecule has 0 aliphatic carbocycles. The van der Waals surface area contributed by atoms with E-state index in [-0.39, 0.29) is 24.7 Å². The van der Waals surface area contributed by atoms with Crippen LogP contribution in [0.5, 0.6) is 5.75 Å². The molecule has 4 amide bonds. The van der Waals surface area contributed by atoms with Crippen molar-refractivity contribution in [2.24, 2.45) is 5.92 Å². The summed E-state index contributed by atoms with van der Waals surface area (Å²) in [5.74, 6) is -1.80. The maximum atomic E-state index is 13.5. The van der Waals surface area contributed by atoms with E-state index in [9.17, 15) is 19.2 Å². The molecule has 1 aliphatic heterocycles. The van der Waals surface area contributed by atoms with E-state index >= 15 is 0 Å². The Morgan fingerprint density at radius 1 is 1.12 bits per heavy atom. The Hall–Kier alpha value is -3.68. The van der Waals surface area contributed by atoms with Gasteiger partial charge in [0.15, 0.2) is 0 Å². The zero-order valence-corrected chi connectivity index (χ0v) is 20.0. The number of benzene rings is 2. The fourth-order valence-electron chi connectivity index (χ4n) is 4.08. The van der Waals surface area contributed by atoms with Gasteiger partial charge in [0.2, 0.25) is 17.7 Å². The Kier molecular flexibility index (Phi) is 8.04. The first-order valence-corrected chi connectivity index (χ1v) is 11.5. The minimum absolute atomic E-state index is 0.0181. The number of anilines is 1. The molecule has 1 fully saturated rings. The van der Waals surface area contributed by atoms with E-state index in [0.29, 0.717) is 24.3 Å². The lowest BCUT2D eigenvalue weighted by Crippen LogP contribution is -2.56. The lowest BCUT2D eigenvalue weighted by Gasteiger charge is -2.29. The van der Waals surface area contributed by atoms with Crippen molar-refractivity contribution >= 4 is 29.3 Å². The normalized spacial score (nSPS) is 15.6. The van der Waals surface area contributed by atoms with Crippen LogP contribution in [0.25, 0.3) is 0 Å². The van der Waals surface area contributed by atoms with E-state index < -0.39 is 23.8 Å². The number of amides is 4. The summed E-state index contributed by atoms with van der Waals surface area (Å²) in [6.45, 7) is 5.62. The molecule has 0 spiro atoms. The standard InChI is InChI=1S/C26H31N3O5/c1-5-19(6-2)25(32)27-29(24(31)15-18-10-8-7-9-11-18)21-16-23(30)28(26(21)33)20-14-17(3)12-13-22(20)34-4/h7-14,19,21H,5-6,15-16H2,1-4H3,(H,27,32). The van der Waals surface area contributed by atoms with Crippen molar-refractivity contribution in [2.45, 2.75) is 52.5 Å². The molecule has 1 atom stereocenters. The van der Waals surface area contributed by atoms with Gasteiger partial charge in [0.1, 0.15) is 11.8 Å². The molecule has 1 heterocycles. The molecule has 0 radical (unpaired) electrons. The van der Waals surface area contributed by atoms with Crippen LogP contribution < -0.4 is 15.1 Å². The molecule has 1 saturated heterocycles. The van der Waals surface area contributed by atoms with Crippen LogP contribution in [-0.2, 0) is 25.6 Å². The molecule has 2 aromatic carbocycles. The summed E-state index contributed by atoms with van der Waals surface area (Å²) in [5, 5.41) is 1.05. The summed E-state index contributed by atoms with van der Waals surface area (Å²) in [7, 11) is 1.46. The first-order chi connectivity index (χ1) is 16.3. The molecule has 0 bridgehead atoms. The summed E-state index contributed by atoms with van der Waals surface area (Å²) in [5.41, 5.74) is 4.56. The highest BCUT2D eigenvalue weighted by Crippen LogP contribution is 2.34. The second-order valence-electron chi connectivity index (χ2n) is 8.38. The van der Waals surface area contributed by atoms with Crippen LogP contribution in [-0.4, -0.2) is 41.8 Å². The molecular formula is C26H31N3O5. The van der Waals surface area contributed by atoms with Crippen molar-refractivity contribution in [2.75, 3.05) is 12.0 Å². The van der Waals surface area contributed by atoms with Crippen LogP contribution in [0.4, 0.5) is 5.69 Å². The molecule has 34 heavy (non-hydrogen) atoms. The SMILES string of the molecule is CCC(CC)C(=O)NN(C(=O)Cc1ccccc1)C1CC(=O)N(c2cc(C)ccc2OC)C1=O. The number of hydrogen-bond acceptors (Lipinski definition) is 5. The van der Waals surface area contributed by atoms with E-state index in [1.807, 2.05) is 45.0 Å². The molecular weight excluding hydrogens is 434 g/mol. The quantitative estimate of drug-likeness (QED) is 0.477. The van der Waals surface area contributed by atoms with Crippen LogP contribution in [0.15, 0.2) is 48.5 Å². The highest BCUT2D eigenvalue weighted by Gasteiger charge is 2.46. The highest BCUT2D eigenvalue weighted by atomic mass is 16.5. The lowest BCUT2D eigenvalue weighted by molar-refractivity contribution is -0.148. The number of rotatable bonds is 8. The van der Waals surface area contributed by atoms with Gasteiger partial charge in [0.25, 0.3) is 5.91 Å². The molecule has 1 unspecified atom stereocenters. The molecule has 0 aromatic heterocycles. The highest BCUT2D eigenvalue weighted by molar-refractivity contribution is 6.23. The number of aryl methyl sites for hydroxylation is 1. The van der Waals surface area contributed by atoms with E-state index in [1.165, 1.54) is 7.11 Å². The van der Waals surface area contributed by atoms with Gasteiger partial charge in [-0.15, -0.1) is 0 Å². The van der Waals surface area contributed by atoms with Crippen LogP contribution >= 0.6 is 0 Å². The fourth-order valence-corrected chi connectivity index (χ4v) is 4.08. The third kappa shape index (κ3) is 5.27. The average molecular weight is 466 g/mol. The largest absolute Gasteiger partial charge is 0.495 e. The average Bonchev–Trinajstić information content (AvgIpc) is 3.12. The number of hydrazine groups is 1. The smallest absolute Gasteiger partial charge is 0.259 e. The van der Waals surface area contributed by atoms with Gasteiger partial charge >= 0.3 is 0 Å². The van der Waals surface area contributed by atoms with Crippen LogP contribution in [0.1, 0.15) is 44.2 Å². The monoisotopic (exact) mass is 465 g/mol. The van der Waals surface area contributed by atoms with E-state index in [0.717, 1.165) is 21.0 Å². The van der Waals surface area contributed by atoms with E-state index in [4.69, 9.17) is 4.74 Å². The summed E-state index contributed by atoms with van der Waals surface area (Å²) >= 11 is 0. The van der Waals surface area contributed by atoms with Gasteiger partial charge in [-0.1, -0.05) is 50.2 Å². The Morgan fingerprint density at radius 2 is 1.79 bits per heavy atom. The molecule has 0 saturated carbocycles. The maximum Gasteiger partial charge on any atom is 0.259 e. The summed E-state index contributed by atoms with van der Waals surface area (Å²) < 4.78 is 5.36. The zero-order chi connectivity index (χ0) is 24.8. The number of nitrogens with zero attached hydrogens (tertiary/aromatic N) is 2. The van der Waals surface area contributed by atoms with Crippen LogP contribution in [0, 0.1) is 12.8 Å². The summed E-state index contributed by atoms with van der Waals surface area (Å²) in [6, 6.07) is 13.1. The third-order valence-electron chi connectivity index (χ3n) is 6.06. The Morgan fingerprint density at radius 3 is 2.41 bits per heavy atom. The summed E-state index contributed by atoms with van der Waals surface area (Å²) in [6.07, 6.45) is 0.926. The number of methoxy groups -OCH3 is 1. The third-order valence-corrected chi connectivity index (χ3v) is 6.06. The Bertz CT molecular complexity index is 1070. The van der Waals surface area contributed by atoms with Gasteiger partial charge < -0.3 is 4.74 Å². The van der Waals surface area contributed by atoms with Crippen LogP contribution in [0.2, 0.25) is 0 Å². The predicted octanol–water partition coefficient (Wildman–Crippen LogP) is 3.17. The molecule has 180 valence electrons. The maximum absolute atomic E-state index is 13.5. The number of imide groups is 1. The molecule has 1 N–H and O–H groups in total. The van der Waals surface area contributed by atoms with Gasteiger partial charge in [0, 0.05) is 5.92 Å². The summed E-state index contributed by atoms with van der Waals surface area (Å²) in [4.78, 5) is 53.7. The van der Waals surface area contributed by atoms with Crippen molar-refractivity contribution in [3.05, 3.63) is 59.7 Å². The van der Waals surface area contributed by atoms with Crippen molar-refractivity contribution in [3.63, 3.8) is 0 Å². The van der Waals surface area contributed by atoms with Gasteiger partial charge in [-0.3, -0.25) is 24.6 Å². The second-order valence-corrected chi connectivity index (χ2v) is 8.38. The number of nitrogens with one attached hydrogen (secondary N) is 1. The number of carbonyl (C=O) groups is 4. The second kappa shape index (κ2) is 11.0. The first-order valence-electron chi connectivity index (χ1n) is 11.5.